The molecule has 0 fully saturated rings. The minimum atomic E-state index is -1.32. The van der Waals surface area contributed by atoms with Gasteiger partial charge in [0.05, 0.1) is 17.4 Å². The number of hydrogen-bond acceptors (Lipinski definition) is 4. The van der Waals surface area contributed by atoms with Gasteiger partial charge in [-0.3, -0.25) is 9.59 Å². The molecule has 1 aliphatic heterocycles. The Balaban J connectivity index is 1.67. The van der Waals surface area contributed by atoms with Crippen molar-refractivity contribution in [3.63, 3.8) is 0 Å². The summed E-state index contributed by atoms with van der Waals surface area (Å²) in [6.45, 7) is 0. The van der Waals surface area contributed by atoms with Crippen LogP contribution in [0.15, 0.2) is 77.8 Å². The van der Waals surface area contributed by atoms with Gasteiger partial charge in [-0.1, -0.05) is 42.5 Å². The topological polar surface area (TPSA) is 87.8 Å². The smallest absolute Gasteiger partial charge is 0.272 e. The molecule has 0 saturated carbocycles. The van der Waals surface area contributed by atoms with E-state index in [-0.39, 0.29) is 17.7 Å². The molecule has 3 N–H and O–H groups in total. The van der Waals surface area contributed by atoms with Gasteiger partial charge in [0.25, 0.3) is 5.91 Å². The lowest BCUT2D eigenvalue weighted by atomic mass is 10.00. The SMILES string of the molecule is CN1C(=O)C(NC(=O)[C@H](N)Cc2cccc(F)c2)N=C(c2ccccc2F)c2ccccc21. The summed E-state index contributed by atoms with van der Waals surface area (Å²) in [4.78, 5) is 31.8. The van der Waals surface area contributed by atoms with Crippen molar-refractivity contribution in [2.45, 2.75) is 18.6 Å². The fourth-order valence-electron chi connectivity index (χ4n) is 3.74. The van der Waals surface area contributed by atoms with E-state index < -0.39 is 35.7 Å². The second-order valence-corrected chi connectivity index (χ2v) is 7.72. The third kappa shape index (κ3) is 4.65. The highest BCUT2D eigenvalue weighted by atomic mass is 19.1. The normalized spacial score (nSPS) is 16.5. The third-order valence-electron chi connectivity index (χ3n) is 5.43. The number of para-hydroxylation sites is 1. The van der Waals surface area contributed by atoms with E-state index >= 15 is 0 Å². The number of amides is 2. The monoisotopic (exact) mass is 448 g/mol. The van der Waals surface area contributed by atoms with Crippen LogP contribution >= 0.6 is 0 Å². The number of rotatable bonds is 5. The predicted octanol–water partition coefficient (Wildman–Crippen LogP) is 2.79. The van der Waals surface area contributed by atoms with E-state index in [0.29, 0.717) is 16.8 Å². The molecule has 168 valence electrons. The minimum absolute atomic E-state index is 0.0739. The van der Waals surface area contributed by atoms with Crippen molar-refractivity contribution in [3.8, 4) is 0 Å². The molecule has 3 aromatic rings. The number of anilines is 1. The molecule has 6 nitrogen and oxygen atoms in total. The maximum Gasteiger partial charge on any atom is 0.272 e. The summed E-state index contributed by atoms with van der Waals surface area (Å²) in [6, 6.07) is 17.8. The van der Waals surface area contributed by atoms with Crippen molar-refractivity contribution in [1.29, 1.82) is 0 Å². The van der Waals surface area contributed by atoms with Gasteiger partial charge in [-0.25, -0.2) is 13.8 Å². The Labute approximate surface area is 189 Å². The average molecular weight is 448 g/mol. The first-order chi connectivity index (χ1) is 15.8. The summed E-state index contributed by atoms with van der Waals surface area (Å²) in [5.74, 6) is -2.07. The van der Waals surface area contributed by atoms with E-state index in [0.717, 1.165) is 0 Å². The van der Waals surface area contributed by atoms with Gasteiger partial charge < -0.3 is 16.0 Å². The minimum Gasteiger partial charge on any atom is -0.325 e. The number of halogens is 2. The number of aliphatic imine (C=N–C) groups is 1. The fraction of sp³-hybridized carbons (Fsp3) is 0.160. The molecule has 1 heterocycles. The van der Waals surface area contributed by atoms with Crippen molar-refractivity contribution in [2.75, 3.05) is 11.9 Å². The molecule has 0 aromatic heterocycles. The van der Waals surface area contributed by atoms with E-state index in [4.69, 9.17) is 5.73 Å². The Hall–Kier alpha value is -3.91. The Morgan fingerprint density at radius 3 is 2.48 bits per heavy atom. The molecule has 8 heteroatoms. The van der Waals surface area contributed by atoms with Gasteiger partial charge in [0, 0.05) is 18.2 Å². The van der Waals surface area contributed by atoms with E-state index in [1.807, 2.05) is 0 Å². The lowest BCUT2D eigenvalue weighted by molar-refractivity contribution is -0.128. The van der Waals surface area contributed by atoms with Gasteiger partial charge >= 0.3 is 0 Å². The molecule has 4 rings (SSSR count). The van der Waals surface area contributed by atoms with Crippen LogP contribution in [0.2, 0.25) is 0 Å². The molecular formula is C25H22F2N4O2. The molecule has 2 atom stereocenters. The summed E-state index contributed by atoms with van der Waals surface area (Å²) < 4.78 is 28.1. The zero-order valence-corrected chi connectivity index (χ0v) is 17.8. The van der Waals surface area contributed by atoms with Gasteiger partial charge in [0.1, 0.15) is 11.6 Å². The second-order valence-electron chi connectivity index (χ2n) is 7.72. The summed E-state index contributed by atoms with van der Waals surface area (Å²) in [5.41, 5.74) is 8.10. The molecule has 3 aromatic carbocycles. The number of hydrogen-bond donors (Lipinski definition) is 2. The molecule has 0 bridgehead atoms. The highest BCUT2D eigenvalue weighted by Crippen LogP contribution is 2.28. The Kier molecular flexibility index (Phi) is 6.28. The number of likely N-dealkylation sites (N-methyl/N-ethyl adjacent to an activating group) is 1. The van der Waals surface area contributed by atoms with Gasteiger partial charge in [-0.15, -0.1) is 0 Å². The van der Waals surface area contributed by atoms with Crippen LogP contribution in [-0.2, 0) is 16.0 Å². The van der Waals surface area contributed by atoms with Crippen molar-refractivity contribution < 1.29 is 18.4 Å². The van der Waals surface area contributed by atoms with Crippen LogP contribution in [-0.4, -0.2) is 36.8 Å². The zero-order chi connectivity index (χ0) is 23.5. The maximum atomic E-state index is 14.7. The first-order valence-corrected chi connectivity index (χ1v) is 10.3. The fourth-order valence-corrected chi connectivity index (χ4v) is 3.74. The number of nitrogens with zero attached hydrogens (tertiary/aromatic N) is 2. The van der Waals surface area contributed by atoms with Crippen LogP contribution in [0.4, 0.5) is 14.5 Å². The van der Waals surface area contributed by atoms with E-state index in [2.05, 4.69) is 10.3 Å². The van der Waals surface area contributed by atoms with Crippen LogP contribution in [0.3, 0.4) is 0 Å². The van der Waals surface area contributed by atoms with Crippen molar-refractivity contribution in [1.82, 2.24) is 5.32 Å². The number of carbonyl (C=O) groups excluding carboxylic acids is 2. The number of benzodiazepines with no additional fused rings is 1. The Bertz CT molecular complexity index is 1240. The summed E-state index contributed by atoms with van der Waals surface area (Å²) in [7, 11) is 1.56. The first-order valence-electron chi connectivity index (χ1n) is 10.3. The molecule has 0 spiro atoms. The van der Waals surface area contributed by atoms with Gasteiger partial charge in [0.2, 0.25) is 12.1 Å². The van der Waals surface area contributed by atoms with Crippen molar-refractivity contribution in [3.05, 3.63) is 101 Å². The predicted molar refractivity (Wildman–Crippen MR) is 122 cm³/mol. The summed E-state index contributed by atoms with van der Waals surface area (Å²) in [5, 5.41) is 2.57. The maximum absolute atomic E-state index is 14.7. The molecule has 33 heavy (non-hydrogen) atoms. The molecule has 0 saturated heterocycles. The Morgan fingerprint density at radius 1 is 1.06 bits per heavy atom. The number of fused-ring (bicyclic) bond motifs is 1. The van der Waals surface area contributed by atoms with E-state index in [1.54, 1.807) is 55.6 Å². The van der Waals surface area contributed by atoms with Crippen LogP contribution in [0, 0.1) is 11.6 Å². The highest BCUT2D eigenvalue weighted by molar-refractivity contribution is 6.20. The summed E-state index contributed by atoms with van der Waals surface area (Å²) >= 11 is 0. The van der Waals surface area contributed by atoms with Gasteiger partial charge in [-0.05, 0) is 42.3 Å². The lowest BCUT2D eigenvalue weighted by Gasteiger charge is -2.22. The zero-order valence-electron chi connectivity index (χ0n) is 17.8. The lowest BCUT2D eigenvalue weighted by Crippen LogP contribution is -2.51. The summed E-state index contributed by atoms with van der Waals surface area (Å²) in [6.07, 6.45) is -1.24. The quantitative estimate of drug-likeness (QED) is 0.629. The van der Waals surface area contributed by atoms with Crippen molar-refractivity contribution in [2.24, 2.45) is 10.7 Å². The van der Waals surface area contributed by atoms with Crippen LogP contribution in [0.1, 0.15) is 16.7 Å². The van der Waals surface area contributed by atoms with Gasteiger partial charge in [0.15, 0.2) is 0 Å². The standard InChI is InChI=1S/C25H22F2N4O2/c1-31-21-12-5-3-10-18(21)22(17-9-2-4-11-19(17)27)29-23(25(31)33)30-24(32)20(28)14-15-7-6-8-16(26)13-15/h2-13,20,23H,14,28H2,1H3,(H,30,32)/t20-,23?/m1/s1. The first kappa shape index (κ1) is 22.3. The van der Waals surface area contributed by atoms with Crippen LogP contribution in [0.25, 0.3) is 0 Å². The number of benzene rings is 3. The third-order valence-corrected chi connectivity index (χ3v) is 5.43. The van der Waals surface area contributed by atoms with Crippen LogP contribution < -0.4 is 16.0 Å². The van der Waals surface area contributed by atoms with Gasteiger partial charge in [-0.2, -0.15) is 0 Å². The number of nitrogens with one attached hydrogen (secondary N) is 1. The number of nitrogens with two attached hydrogens (primary N) is 1. The molecule has 1 aliphatic rings. The second kappa shape index (κ2) is 9.30. The molecule has 1 unspecified atom stereocenters. The van der Waals surface area contributed by atoms with E-state index in [9.17, 15) is 18.4 Å². The van der Waals surface area contributed by atoms with Crippen molar-refractivity contribution >= 4 is 23.2 Å². The van der Waals surface area contributed by atoms with E-state index in [1.165, 1.54) is 29.2 Å². The molecule has 0 aliphatic carbocycles. The molecular weight excluding hydrogens is 426 g/mol. The van der Waals surface area contributed by atoms with Crippen LogP contribution in [0.5, 0.6) is 0 Å². The molecule has 2 amide bonds. The Morgan fingerprint density at radius 2 is 1.76 bits per heavy atom. The molecule has 0 radical (unpaired) electrons. The average Bonchev–Trinajstić information content (AvgIpc) is 2.90. The highest BCUT2D eigenvalue weighted by Gasteiger charge is 2.32. The number of carbonyl (C=O) groups is 2. The largest absolute Gasteiger partial charge is 0.325 e.